The summed E-state index contributed by atoms with van der Waals surface area (Å²) in [5, 5.41) is 9.02. The molecule has 0 aliphatic carbocycles. The summed E-state index contributed by atoms with van der Waals surface area (Å²) in [7, 11) is 0. The third-order valence-corrected chi connectivity index (χ3v) is 3.07. The lowest BCUT2D eigenvalue weighted by Crippen LogP contribution is -1.85. The van der Waals surface area contributed by atoms with E-state index >= 15 is 0 Å². The van der Waals surface area contributed by atoms with Crippen LogP contribution in [0.15, 0.2) is 36.5 Å². The van der Waals surface area contributed by atoms with Gasteiger partial charge in [-0.2, -0.15) is 0 Å². The third-order valence-electron chi connectivity index (χ3n) is 2.16. The average molecular weight is 216 g/mol. The van der Waals surface area contributed by atoms with Crippen molar-refractivity contribution in [2.45, 2.75) is 0 Å². The summed E-state index contributed by atoms with van der Waals surface area (Å²) in [6.07, 6.45) is 1.95. The maximum Gasteiger partial charge on any atom is 0.178 e. The molecule has 0 aromatic carbocycles. The Morgan fingerprint density at radius 1 is 1.13 bits per heavy atom. The number of hydrogen-bond acceptors (Lipinski definition) is 4. The van der Waals surface area contributed by atoms with Crippen molar-refractivity contribution in [3.63, 3.8) is 0 Å². The Morgan fingerprint density at radius 2 is 2.07 bits per heavy atom. The topological polar surface area (TPSA) is 56.2 Å². The van der Waals surface area contributed by atoms with Gasteiger partial charge in [-0.25, -0.2) is 0 Å². The van der Waals surface area contributed by atoms with E-state index in [2.05, 4.69) is 10.2 Å². The fraction of sp³-hybridized carbons (Fsp3) is 0. The molecule has 3 rings (SSSR count). The molecule has 0 bridgehead atoms. The molecular formula is C10H8N4S. The Balaban J connectivity index is 2.27. The molecule has 3 aromatic heterocycles. The van der Waals surface area contributed by atoms with Gasteiger partial charge in [0, 0.05) is 6.20 Å². The molecule has 0 amide bonds. The highest BCUT2D eigenvalue weighted by Gasteiger charge is 2.08. The van der Waals surface area contributed by atoms with Gasteiger partial charge in [0.1, 0.15) is 0 Å². The maximum atomic E-state index is 5.69. The van der Waals surface area contributed by atoms with E-state index in [0.717, 1.165) is 21.3 Å². The second kappa shape index (κ2) is 3.06. The number of rotatable bonds is 1. The molecule has 0 radical (unpaired) electrons. The molecule has 0 aliphatic rings. The van der Waals surface area contributed by atoms with Gasteiger partial charge in [-0.1, -0.05) is 6.07 Å². The van der Waals surface area contributed by atoms with E-state index in [9.17, 15) is 0 Å². The summed E-state index contributed by atoms with van der Waals surface area (Å²) in [6, 6.07) is 9.66. The van der Waals surface area contributed by atoms with Gasteiger partial charge in [-0.05, 0) is 24.3 Å². The van der Waals surface area contributed by atoms with Gasteiger partial charge in [0.2, 0.25) is 0 Å². The molecule has 3 heterocycles. The van der Waals surface area contributed by atoms with Crippen LogP contribution in [0.2, 0.25) is 0 Å². The van der Waals surface area contributed by atoms with Crippen LogP contribution in [0, 0.1) is 0 Å². The summed E-state index contributed by atoms with van der Waals surface area (Å²) in [6.45, 7) is 0. The van der Waals surface area contributed by atoms with Crippen LogP contribution in [0.5, 0.6) is 0 Å². The Hall–Kier alpha value is -1.88. The largest absolute Gasteiger partial charge is 0.391 e. The van der Waals surface area contributed by atoms with Crippen LogP contribution in [0.1, 0.15) is 0 Å². The molecule has 0 aliphatic heterocycles. The molecule has 5 heteroatoms. The molecule has 0 atom stereocenters. The number of pyridine rings is 1. The lowest BCUT2D eigenvalue weighted by atomic mass is 10.4. The molecule has 0 fully saturated rings. The first-order valence-corrected chi connectivity index (χ1v) is 5.32. The highest BCUT2D eigenvalue weighted by molar-refractivity contribution is 7.19. The number of nitrogens with zero attached hydrogens (tertiary/aromatic N) is 3. The summed E-state index contributed by atoms with van der Waals surface area (Å²) < 4.78 is 1.95. The first-order chi connectivity index (χ1) is 7.34. The number of nitrogens with two attached hydrogens (primary N) is 1. The van der Waals surface area contributed by atoms with Gasteiger partial charge in [0.05, 0.1) is 9.88 Å². The highest BCUT2D eigenvalue weighted by atomic mass is 32.1. The number of fused-ring (bicyclic) bond motifs is 1. The minimum atomic E-state index is 0.790. The van der Waals surface area contributed by atoms with Crippen LogP contribution < -0.4 is 5.73 Å². The summed E-state index contributed by atoms with van der Waals surface area (Å²) >= 11 is 1.51. The van der Waals surface area contributed by atoms with Crippen LogP contribution >= 0.6 is 11.3 Å². The number of nitrogen functional groups attached to an aromatic ring is 1. The van der Waals surface area contributed by atoms with E-state index in [-0.39, 0.29) is 0 Å². The van der Waals surface area contributed by atoms with E-state index in [1.165, 1.54) is 11.3 Å². The lowest BCUT2D eigenvalue weighted by molar-refractivity contribution is 1.12. The molecule has 0 spiro atoms. The van der Waals surface area contributed by atoms with Crippen LogP contribution in [-0.2, 0) is 0 Å². The lowest BCUT2D eigenvalue weighted by Gasteiger charge is -1.94. The molecule has 2 N–H and O–H groups in total. The molecule has 0 unspecified atom stereocenters. The van der Waals surface area contributed by atoms with E-state index in [4.69, 9.17) is 5.73 Å². The van der Waals surface area contributed by atoms with E-state index in [0.29, 0.717) is 0 Å². The summed E-state index contributed by atoms with van der Waals surface area (Å²) in [5.74, 6) is 0.840. The van der Waals surface area contributed by atoms with Gasteiger partial charge < -0.3 is 5.73 Å². The third kappa shape index (κ3) is 1.28. The first kappa shape index (κ1) is 8.43. The quantitative estimate of drug-likeness (QED) is 0.677. The van der Waals surface area contributed by atoms with Crippen molar-refractivity contribution >= 4 is 22.0 Å². The number of hydrogen-bond donors (Lipinski definition) is 1. The van der Waals surface area contributed by atoms with Gasteiger partial charge in [0.15, 0.2) is 11.5 Å². The first-order valence-electron chi connectivity index (χ1n) is 4.50. The molecule has 74 valence electrons. The standard InChI is InChI=1S/C10H8N4S/c11-8-5-4-7(15-8)10-13-12-9-3-1-2-6-14(9)10/h1-6H,11H2. The summed E-state index contributed by atoms with van der Waals surface area (Å²) in [4.78, 5) is 1.03. The predicted octanol–water partition coefficient (Wildman–Crippen LogP) is 2.04. The fourth-order valence-electron chi connectivity index (χ4n) is 1.48. The fourth-order valence-corrected chi connectivity index (χ4v) is 2.24. The average Bonchev–Trinajstić information content (AvgIpc) is 2.83. The Kier molecular flexibility index (Phi) is 1.72. The van der Waals surface area contributed by atoms with Crippen molar-refractivity contribution in [1.82, 2.24) is 14.6 Å². The SMILES string of the molecule is Nc1ccc(-c2nnc3ccccn23)s1. The van der Waals surface area contributed by atoms with Gasteiger partial charge in [-0.15, -0.1) is 21.5 Å². The molecule has 3 aromatic rings. The van der Waals surface area contributed by atoms with Gasteiger partial charge in [0.25, 0.3) is 0 Å². The number of aromatic nitrogens is 3. The van der Waals surface area contributed by atoms with Gasteiger partial charge in [-0.3, -0.25) is 4.40 Å². The van der Waals surface area contributed by atoms with Crippen molar-refractivity contribution in [2.24, 2.45) is 0 Å². The van der Waals surface area contributed by atoms with E-state index in [1.807, 2.05) is 40.9 Å². The Labute approximate surface area is 90.0 Å². The monoisotopic (exact) mass is 216 g/mol. The van der Waals surface area contributed by atoms with E-state index in [1.54, 1.807) is 0 Å². The molecule has 15 heavy (non-hydrogen) atoms. The Bertz CT molecular complexity index is 610. The zero-order valence-corrected chi connectivity index (χ0v) is 8.61. The van der Waals surface area contributed by atoms with Crippen LogP contribution in [0.25, 0.3) is 16.3 Å². The van der Waals surface area contributed by atoms with Crippen molar-refractivity contribution < 1.29 is 0 Å². The molecule has 4 nitrogen and oxygen atoms in total. The van der Waals surface area contributed by atoms with Crippen LogP contribution in [0.3, 0.4) is 0 Å². The zero-order chi connectivity index (χ0) is 10.3. The smallest absolute Gasteiger partial charge is 0.178 e. The van der Waals surface area contributed by atoms with Crippen LogP contribution in [0.4, 0.5) is 5.00 Å². The maximum absolute atomic E-state index is 5.69. The second-order valence-corrected chi connectivity index (χ2v) is 4.27. The predicted molar refractivity (Wildman–Crippen MR) is 60.7 cm³/mol. The normalized spacial score (nSPS) is 10.9. The minimum Gasteiger partial charge on any atom is -0.391 e. The Morgan fingerprint density at radius 3 is 2.87 bits per heavy atom. The van der Waals surface area contributed by atoms with E-state index < -0.39 is 0 Å². The number of anilines is 1. The van der Waals surface area contributed by atoms with Gasteiger partial charge >= 0.3 is 0 Å². The summed E-state index contributed by atoms with van der Waals surface area (Å²) in [5.41, 5.74) is 6.54. The number of thiophene rings is 1. The van der Waals surface area contributed by atoms with Crippen molar-refractivity contribution in [2.75, 3.05) is 5.73 Å². The van der Waals surface area contributed by atoms with Crippen LogP contribution in [-0.4, -0.2) is 14.6 Å². The molecule has 0 saturated heterocycles. The molecule has 0 saturated carbocycles. The second-order valence-electron chi connectivity index (χ2n) is 3.15. The van der Waals surface area contributed by atoms with Crippen molar-refractivity contribution in [1.29, 1.82) is 0 Å². The minimum absolute atomic E-state index is 0.790. The zero-order valence-electron chi connectivity index (χ0n) is 7.79. The van der Waals surface area contributed by atoms with Crippen molar-refractivity contribution in [3.8, 4) is 10.7 Å². The van der Waals surface area contributed by atoms with Crippen molar-refractivity contribution in [3.05, 3.63) is 36.5 Å². The molecular weight excluding hydrogens is 208 g/mol. The highest BCUT2D eigenvalue weighted by Crippen LogP contribution is 2.28.